The van der Waals surface area contributed by atoms with Crippen molar-refractivity contribution in [2.24, 2.45) is 5.92 Å². The van der Waals surface area contributed by atoms with Crippen molar-refractivity contribution in [1.29, 1.82) is 0 Å². The molecule has 2 aromatic heterocycles. The van der Waals surface area contributed by atoms with Crippen LogP contribution in [0.3, 0.4) is 0 Å². The molecule has 0 unspecified atom stereocenters. The highest BCUT2D eigenvalue weighted by Gasteiger charge is 2.29. The Hall–Kier alpha value is -2.31. The maximum Gasteiger partial charge on any atom is 0.322 e. The molecule has 0 bridgehead atoms. The zero-order chi connectivity index (χ0) is 17.8. The van der Waals surface area contributed by atoms with Gasteiger partial charge in [0.15, 0.2) is 0 Å². The summed E-state index contributed by atoms with van der Waals surface area (Å²) in [6.07, 6.45) is 9.45. The Morgan fingerprint density at radius 2 is 2.24 bits per heavy atom. The molecule has 0 radical (unpaired) electrons. The van der Waals surface area contributed by atoms with Crippen molar-refractivity contribution in [3.63, 3.8) is 0 Å². The number of urea groups is 1. The Kier molecular flexibility index (Phi) is 5.40. The number of aromatic amines is 1. The molecule has 1 atom stereocenters. The first-order valence-corrected chi connectivity index (χ1v) is 9.21. The Balaban J connectivity index is 1.76. The summed E-state index contributed by atoms with van der Waals surface area (Å²) in [5.74, 6) is 0.515. The van der Waals surface area contributed by atoms with Crippen molar-refractivity contribution in [1.82, 2.24) is 24.9 Å². The molecular weight excluding hydrogens is 316 g/mol. The van der Waals surface area contributed by atoms with Gasteiger partial charge in [0.2, 0.25) is 0 Å². The maximum absolute atomic E-state index is 12.9. The molecule has 1 aliphatic heterocycles. The molecule has 3 rings (SSSR count). The molecule has 0 aliphatic carbocycles. The Morgan fingerprint density at radius 3 is 2.92 bits per heavy atom. The molecule has 2 aromatic rings. The van der Waals surface area contributed by atoms with E-state index in [9.17, 15) is 4.79 Å². The van der Waals surface area contributed by atoms with Crippen LogP contribution >= 0.6 is 0 Å². The van der Waals surface area contributed by atoms with Gasteiger partial charge in [0.25, 0.3) is 0 Å². The SMILES string of the molecule is CCc1c(NC(=O)N2CCCC[C@H]2c2cn[nH]c2)cnn1CC(C)C. The highest BCUT2D eigenvalue weighted by atomic mass is 16.2. The van der Waals surface area contributed by atoms with Gasteiger partial charge >= 0.3 is 6.03 Å². The van der Waals surface area contributed by atoms with E-state index < -0.39 is 0 Å². The molecular formula is C18H28N6O. The monoisotopic (exact) mass is 344 g/mol. The average molecular weight is 344 g/mol. The molecule has 25 heavy (non-hydrogen) atoms. The molecule has 1 fully saturated rings. The molecule has 0 saturated carbocycles. The summed E-state index contributed by atoms with van der Waals surface area (Å²) in [6, 6.07) is 0.0352. The van der Waals surface area contributed by atoms with Crippen LogP contribution in [0, 0.1) is 5.92 Å². The fourth-order valence-corrected chi connectivity index (χ4v) is 3.54. The van der Waals surface area contributed by atoms with Gasteiger partial charge in [-0.1, -0.05) is 20.8 Å². The van der Waals surface area contributed by atoms with E-state index >= 15 is 0 Å². The van der Waals surface area contributed by atoms with Crippen LogP contribution < -0.4 is 5.32 Å². The van der Waals surface area contributed by atoms with Crippen LogP contribution in [0.25, 0.3) is 0 Å². The van der Waals surface area contributed by atoms with E-state index in [0.717, 1.165) is 55.7 Å². The number of amides is 2. The normalized spacial score (nSPS) is 17.9. The minimum atomic E-state index is -0.0512. The minimum absolute atomic E-state index is 0.0512. The summed E-state index contributed by atoms with van der Waals surface area (Å²) in [7, 11) is 0. The third-order valence-corrected chi connectivity index (χ3v) is 4.73. The minimum Gasteiger partial charge on any atom is -0.317 e. The van der Waals surface area contributed by atoms with Crippen LogP contribution in [0.1, 0.15) is 57.3 Å². The second-order valence-electron chi connectivity index (χ2n) is 7.10. The first-order valence-electron chi connectivity index (χ1n) is 9.21. The van der Waals surface area contributed by atoms with Gasteiger partial charge in [-0.15, -0.1) is 0 Å². The smallest absolute Gasteiger partial charge is 0.317 e. The van der Waals surface area contributed by atoms with Gasteiger partial charge in [0.05, 0.1) is 29.8 Å². The third kappa shape index (κ3) is 3.86. The van der Waals surface area contributed by atoms with Gasteiger partial charge in [-0.05, 0) is 31.6 Å². The van der Waals surface area contributed by atoms with E-state index in [1.54, 1.807) is 6.20 Å². The number of aromatic nitrogens is 4. The van der Waals surface area contributed by atoms with Gasteiger partial charge in [-0.25, -0.2) is 4.79 Å². The second kappa shape index (κ2) is 7.72. The zero-order valence-electron chi connectivity index (χ0n) is 15.3. The lowest BCUT2D eigenvalue weighted by Crippen LogP contribution is -2.41. The van der Waals surface area contributed by atoms with Crippen LogP contribution in [-0.2, 0) is 13.0 Å². The van der Waals surface area contributed by atoms with Crippen molar-refractivity contribution in [2.75, 3.05) is 11.9 Å². The van der Waals surface area contributed by atoms with Gasteiger partial charge in [-0.3, -0.25) is 9.78 Å². The quantitative estimate of drug-likeness (QED) is 0.870. The van der Waals surface area contributed by atoms with E-state index in [0.29, 0.717) is 5.92 Å². The number of hydrogen-bond acceptors (Lipinski definition) is 3. The molecule has 7 heteroatoms. The van der Waals surface area contributed by atoms with Crippen molar-refractivity contribution in [2.45, 2.75) is 59.0 Å². The number of carbonyl (C=O) groups excluding carboxylic acids is 1. The van der Waals surface area contributed by atoms with Gasteiger partial charge in [0.1, 0.15) is 0 Å². The molecule has 3 heterocycles. The van der Waals surface area contributed by atoms with E-state index in [1.165, 1.54) is 0 Å². The van der Waals surface area contributed by atoms with Crippen molar-refractivity contribution in [3.05, 3.63) is 29.8 Å². The lowest BCUT2D eigenvalue weighted by Gasteiger charge is -2.35. The number of nitrogens with zero attached hydrogens (tertiary/aromatic N) is 4. The molecule has 0 spiro atoms. The highest BCUT2D eigenvalue weighted by Crippen LogP contribution is 2.31. The van der Waals surface area contributed by atoms with E-state index in [1.807, 2.05) is 22.0 Å². The van der Waals surface area contributed by atoms with E-state index in [4.69, 9.17) is 0 Å². The first-order chi connectivity index (χ1) is 12.1. The summed E-state index contributed by atoms with van der Waals surface area (Å²) < 4.78 is 2.00. The molecule has 1 aliphatic rings. The number of nitrogens with one attached hydrogen (secondary N) is 2. The van der Waals surface area contributed by atoms with Crippen LogP contribution in [0.15, 0.2) is 18.6 Å². The Morgan fingerprint density at radius 1 is 1.40 bits per heavy atom. The second-order valence-corrected chi connectivity index (χ2v) is 7.10. The summed E-state index contributed by atoms with van der Waals surface area (Å²) in [6.45, 7) is 8.06. The van der Waals surface area contributed by atoms with Crippen molar-refractivity contribution in [3.8, 4) is 0 Å². The van der Waals surface area contributed by atoms with Gasteiger partial charge in [0, 0.05) is 24.8 Å². The van der Waals surface area contributed by atoms with Crippen molar-refractivity contribution >= 4 is 11.7 Å². The third-order valence-electron chi connectivity index (χ3n) is 4.73. The van der Waals surface area contributed by atoms with Crippen LogP contribution in [0.2, 0.25) is 0 Å². The predicted molar refractivity (Wildman–Crippen MR) is 97.3 cm³/mol. The topological polar surface area (TPSA) is 78.8 Å². The maximum atomic E-state index is 12.9. The largest absolute Gasteiger partial charge is 0.322 e. The molecule has 7 nitrogen and oxygen atoms in total. The molecule has 2 N–H and O–H groups in total. The summed E-state index contributed by atoms with van der Waals surface area (Å²) in [4.78, 5) is 14.8. The van der Waals surface area contributed by atoms with Crippen molar-refractivity contribution < 1.29 is 4.79 Å². The lowest BCUT2D eigenvalue weighted by atomic mass is 9.98. The average Bonchev–Trinajstić information content (AvgIpc) is 3.24. The summed E-state index contributed by atoms with van der Waals surface area (Å²) in [5.41, 5.74) is 2.98. The molecule has 136 valence electrons. The fraction of sp³-hybridized carbons (Fsp3) is 0.611. The number of rotatable bonds is 5. The number of likely N-dealkylation sites (tertiary alicyclic amines) is 1. The summed E-state index contributed by atoms with van der Waals surface area (Å²) >= 11 is 0. The predicted octanol–water partition coefficient (Wildman–Crippen LogP) is 3.58. The van der Waals surface area contributed by atoms with E-state index in [2.05, 4.69) is 41.4 Å². The van der Waals surface area contributed by atoms with Gasteiger partial charge < -0.3 is 10.2 Å². The van der Waals surface area contributed by atoms with Crippen LogP contribution in [0.5, 0.6) is 0 Å². The van der Waals surface area contributed by atoms with Gasteiger partial charge in [-0.2, -0.15) is 10.2 Å². The van der Waals surface area contributed by atoms with Crippen LogP contribution in [-0.4, -0.2) is 37.5 Å². The number of carbonyl (C=O) groups is 1. The lowest BCUT2D eigenvalue weighted by molar-refractivity contribution is 0.163. The Labute approximate surface area is 148 Å². The number of anilines is 1. The summed E-state index contributed by atoms with van der Waals surface area (Å²) in [5, 5.41) is 14.4. The number of H-pyrrole nitrogens is 1. The van der Waals surface area contributed by atoms with Crippen LogP contribution in [0.4, 0.5) is 10.5 Å². The first kappa shape index (κ1) is 17.5. The Bertz CT molecular complexity index is 690. The zero-order valence-corrected chi connectivity index (χ0v) is 15.3. The standard InChI is InChI=1S/C18H28N6O/c1-4-16-15(11-21-24(16)12-13(2)3)22-18(25)23-8-6-5-7-17(23)14-9-19-20-10-14/h9-11,13,17H,4-8,12H2,1-3H3,(H,19,20)(H,22,25)/t17-/m0/s1. The number of piperidine rings is 1. The molecule has 2 amide bonds. The van der Waals surface area contributed by atoms with E-state index in [-0.39, 0.29) is 12.1 Å². The highest BCUT2D eigenvalue weighted by molar-refractivity contribution is 5.90. The number of hydrogen-bond donors (Lipinski definition) is 2. The fourth-order valence-electron chi connectivity index (χ4n) is 3.54. The molecule has 0 aromatic carbocycles. The molecule has 1 saturated heterocycles.